The Labute approximate surface area is 184 Å². The van der Waals surface area contributed by atoms with Crippen LogP contribution in [0.2, 0.25) is 0 Å². The number of hydrogen-bond acceptors (Lipinski definition) is 4. The van der Waals surface area contributed by atoms with Crippen LogP contribution in [0.15, 0.2) is 59.6 Å². The number of aromatic nitrogens is 1. The zero-order valence-corrected chi connectivity index (χ0v) is 18.3. The number of carbonyl (C=O) groups excluding carboxylic acids is 2. The van der Waals surface area contributed by atoms with Crippen LogP contribution in [0, 0.1) is 6.92 Å². The number of anilines is 1. The fourth-order valence-corrected chi connectivity index (χ4v) is 4.80. The first-order valence-corrected chi connectivity index (χ1v) is 10.9. The Morgan fingerprint density at radius 2 is 1.90 bits per heavy atom. The van der Waals surface area contributed by atoms with E-state index in [9.17, 15) is 9.59 Å². The Morgan fingerprint density at radius 3 is 2.60 bits per heavy atom. The van der Waals surface area contributed by atoms with Crippen LogP contribution in [0.1, 0.15) is 18.1 Å². The predicted molar refractivity (Wildman–Crippen MR) is 127 cm³/mol. The number of nitrogens with zero attached hydrogens (tertiary/aromatic N) is 2. The average molecular weight is 436 g/mol. The highest BCUT2D eigenvalue weighted by Crippen LogP contribution is 2.34. The molecular formula is C23H21N3O2S2. The van der Waals surface area contributed by atoms with Crippen molar-refractivity contribution in [1.82, 2.24) is 9.47 Å². The molecule has 2 amide bonds. The number of nitrogens with one attached hydrogen (secondary N) is 1. The van der Waals surface area contributed by atoms with Gasteiger partial charge in [-0.2, -0.15) is 0 Å². The molecule has 2 heterocycles. The monoisotopic (exact) mass is 435 g/mol. The lowest BCUT2D eigenvalue weighted by molar-refractivity contribution is -0.122. The molecule has 7 heteroatoms. The van der Waals surface area contributed by atoms with Crippen molar-refractivity contribution in [3.63, 3.8) is 0 Å². The van der Waals surface area contributed by atoms with E-state index in [1.807, 2.05) is 79.2 Å². The second kappa shape index (κ2) is 8.45. The molecule has 1 aliphatic heterocycles. The maximum Gasteiger partial charge on any atom is 0.266 e. The molecule has 0 atom stereocenters. The number of para-hydroxylation sites is 1. The topological polar surface area (TPSA) is 54.3 Å². The minimum atomic E-state index is -0.108. The second-order valence-electron chi connectivity index (χ2n) is 7.07. The maximum absolute atomic E-state index is 12.6. The molecule has 0 bridgehead atoms. The molecule has 4 rings (SSSR count). The van der Waals surface area contributed by atoms with E-state index in [2.05, 4.69) is 5.32 Å². The van der Waals surface area contributed by atoms with Gasteiger partial charge in [0.05, 0.1) is 4.91 Å². The van der Waals surface area contributed by atoms with Crippen LogP contribution < -0.4 is 5.32 Å². The van der Waals surface area contributed by atoms with Crippen LogP contribution in [0.25, 0.3) is 17.0 Å². The van der Waals surface area contributed by atoms with Crippen molar-refractivity contribution in [3.8, 4) is 0 Å². The minimum absolute atomic E-state index is 0.0681. The third kappa shape index (κ3) is 4.04. The van der Waals surface area contributed by atoms with E-state index in [4.69, 9.17) is 12.2 Å². The first-order valence-electron chi connectivity index (χ1n) is 9.66. The lowest BCUT2D eigenvalue weighted by atomic mass is 10.1. The van der Waals surface area contributed by atoms with Crippen molar-refractivity contribution in [2.24, 2.45) is 0 Å². The number of thioether (sulfide) groups is 1. The second-order valence-corrected chi connectivity index (χ2v) is 8.75. The lowest BCUT2D eigenvalue weighted by Crippen LogP contribution is -2.27. The highest BCUT2D eigenvalue weighted by Gasteiger charge is 2.30. The molecule has 5 nitrogen and oxygen atoms in total. The van der Waals surface area contributed by atoms with Gasteiger partial charge in [0, 0.05) is 34.9 Å². The molecule has 1 N–H and O–H groups in total. The van der Waals surface area contributed by atoms with Gasteiger partial charge in [-0.25, -0.2) is 0 Å². The molecule has 0 unspecified atom stereocenters. The fraction of sp³-hybridized carbons (Fsp3) is 0.174. The molecule has 1 fully saturated rings. The summed E-state index contributed by atoms with van der Waals surface area (Å²) in [4.78, 5) is 27.4. The maximum atomic E-state index is 12.6. The molecule has 3 aromatic rings. The van der Waals surface area contributed by atoms with Gasteiger partial charge in [0.2, 0.25) is 5.91 Å². The Morgan fingerprint density at radius 1 is 1.17 bits per heavy atom. The largest absolute Gasteiger partial charge is 0.337 e. The number of benzene rings is 2. The van der Waals surface area contributed by atoms with Crippen molar-refractivity contribution in [3.05, 3.63) is 70.8 Å². The summed E-state index contributed by atoms with van der Waals surface area (Å²) in [5, 5.41) is 3.92. The summed E-state index contributed by atoms with van der Waals surface area (Å²) in [6.45, 7) is 4.65. The fourth-order valence-electron chi connectivity index (χ4n) is 3.43. The van der Waals surface area contributed by atoms with Crippen molar-refractivity contribution < 1.29 is 9.59 Å². The van der Waals surface area contributed by atoms with Crippen LogP contribution in [0.3, 0.4) is 0 Å². The van der Waals surface area contributed by atoms with Gasteiger partial charge in [-0.15, -0.1) is 0 Å². The Balaban J connectivity index is 1.62. The van der Waals surface area contributed by atoms with Crippen LogP contribution in [0.4, 0.5) is 5.69 Å². The summed E-state index contributed by atoms with van der Waals surface area (Å²) in [6.07, 6.45) is 3.78. The molecule has 0 aliphatic carbocycles. The quantitative estimate of drug-likeness (QED) is 0.462. The van der Waals surface area contributed by atoms with Gasteiger partial charge in [0.15, 0.2) is 0 Å². The SMILES string of the molecule is CCN1C(=O)/C(=C/c2cn(CC(=O)Nc3ccc(C)cc3)c3ccccc23)SC1=S. The van der Waals surface area contributed by atoms with Gasteiger partial charge in [0.1, 0.15) is 10.9 Å². The standard InChI is InChI=1S/C23H21N3O2S2/c1-3-26-22(28)20(30-23(26)29)12-16-13-25(19-7-5-4-6-18(16)19)14-21(27)24-17-10-8-15(2)9-11-17/h4-13H,3,14H2,1-2H3,(H,24,27)/b20-12-. The van der Waals surface area contributed by atoms with Gasteiger partial charge in [0.25, 0.3) is 5.91 Å². The number of aryl methyl sites for hydroxylation is 1. The van der Waals surface area contributed by atoms with Crippen LogP contribution in [-0.4, -0.2) is 32.1 Å². The molecule has 1 aliphatic rings. The van der Waals surface area contributed by atoms with E-state index in [1.165, 1.54) is 11.8 Å². The molecule has 0 spiro atoms. The van der Waals surface area contributed by atoms with Crippen molar-refractivity contribution in [1.29, 1.82) is 0 Å². The van der Waals surface area contributed by atoms with E-state index in [-0.39, 0.29) is 18.4 Å². The van der Waals surface area contributed by atoms with Crippen molar-refractivity contribution in [2.75, 3.05) is 11.9 Å². The van der Waals surface area contributed by atoms with Crippen LogP contribution in [-0.2, 0) is 16.1 Å². The lowest BCUT2D eigenvalue weighted by Gasteiger charge is -2.09. The zero-order valence-electron chi connectivity index (χ0n) is 16.7. The summed E-state index contributed by atoms with van der Waals surface area (Å²) < 4.78 is 2.49. The molecule has 30 heavy (non-hydrogen) atoms. The van der Waals surface area contributed by atoms with E-state index < -0.39 is 0 Å². The number of rotatable bonds is 5. The molecule has 0 saturated carbocycles. The zero-order chi connectivity index (χ0) is 21.3. The van der Waals surface area contributed by atoms with Gasteiger partial charge in [-0.05, 0) is 38.1 Å². The summed E-state index contributed by atoms with van der Waals surface area (Å²) >= 11 is 6.62. The van der Waals surface area contributed by atoms with E-state index >= 15 is 0 Å². The first-order chi connectivity index (χ1) is 14.5. The van der Waals surface area contributed by atoms with Crippen LogP contribution in [0.5, 0.6) is 0 Å². The molecule has 0 radical (unpaired) electrons. The predicted octanol–water partition coefficient (Wildman–Crippen LogP) is 4.81. The number of amides is 2. The number of fused-ring (bicyclic) bond motifs is 1. The third-order valence-corrected chi connectivity index (χ3v) is 6.32. The minimum Gasteiger partial charge on any atom is -0.337 e. The number of carbonyl (C=O) groups is 2. The van der Waals surface area contributed by atoms with Gasteiger partial charge in [-0.3, -0.25) is 14.5 Å². The highest BCUT2D eigenvalue weighted by molar-refractivity contribution is 8.26. The van der Waals surface area contributed by atoms with Gasteiger partial charge in [-0.1, -0.05) is 59.9 Å². The summed E-state index contributed by atoms with van der Waals surface area (Å²) in [5.74, 6) is -0.176. The Kier molecular flexibility index (Phi) is 5.74. The van der Waals surface area contributed by atoms with Gasteiger partial charge < -0.3 is 9.88 Å². The van der Waals surface area contributed by atoms with Crippen LogP contribution >= 0.6 is 24.0 Å². The number of likely N-dealkylation sites (N-methyl/N-ethyl adjacent to an activating group) is 1. The smallest absolute Gasteiger partial charge is 0.266 e. The molecule has 152 valence electrons. The number of thiocarbonyl (C=S) groups is 1. The molecular weight excluding hydrogens is 414 g/mol. The number of hydrogen-bond donors (Lipinski definition) is 1. The Bertz CT molecular complexity index is 1180. The third-order valence-electron chi connectivity index (χ3n) is 4.95. The van der Waals surface area contributed by atoms with E-state index in [1.54, 1.807) is 4.90 Å². The first kappa shape index (κ1) is 20.4. The molecule has 1 aromatic heterocycles. The summed E-state index contributed by atoms with van der Waals surface area (Å²) in [7, 11) is 0. The van der Waals surface area contributed by atoms with Gasteiger partial charge >= 0.3 is 0 Å². The molecule has 1 saturated heterocycles. The normalized spacial score (nSPS) is 15.4. The van der Waals surface area contributed by atoms with E-state index in [0.717, 1.165) is 27.7 Å². The summed E-state index contributed by atoms with van der Waals surface area (Å²) in [5.41, 5.74) is 3.74. The molecule has 2 aromatic carbocycles. The Hall–Kier alpha value is -2.90. The highest BCUT2D eigenvalue weighted by atomic mass is 32.2. The van der Waals surface area contributed by atoms with Crippen molar-refractivity contribution >= 4 is 62.8 Å². The summed E-state index contributed by atoms with van der Waals surface area (Å²) in [6, 6.07) is 15.6. The average Bonchev–Trinajstić information content (AvgIpc) is 3.20. The van der Waals surface area contributed by atoms with Crippen molar-refractivity contribution in [2.45, 2.75) is 20.4 Å². The van der Waals surface area contributed by atoms with E-state index in [0.29, 0.717) is 15.8 Å².